The Morgan fingerprint density at radius 2 is 2.50 bits per heavy atom. The highest BCUT2D eigenvalue weighted by Gasteiger charge is 2.27. The summed E-state index contributed by atoms with van der Waals surface area (Å²) in [7, 11) is 1.29. The van der Waals surface area contributed by atoms with Crippen molar-refractivity contribution in [3.8, 4) is 0 Å². The smallest absolute Gasteiger partial charge is 0.322 e. The summed E-state index contributed by atoms with van der Waals surface area (Å²) in [6.07, 6.45) is 2.12. The summed E-state index contributed by atoms with van der Waals surface area (Å²) in [4.78, 5) is 22.3. The van der Waals surface area contributed by atoms with E-state index in [1.165, 1.54) is 7.11 Å². The summed E-state index contributed by atoms with van der Waals surface area (Å²) in [6, 6.07) is -0.686. The monoisotopic (exact) mass is 200 g/mol. The number of hydrogen-bond acceptors (Lipinski definition) is 4. The average molecular weight is 200 g/mol. The molecule has 80 valence electrons. The standard InChI is InChI=1S/C9H16N2O3/c1-14-9(13)7(10)5-6-3-2-4-11-8(6)12/h6-7H,2-5,10H2,1H3,(H,11,12)/t6?,7-/m0/s1. The Labute approximate surface area is 83.0 Å². The molecule has 0 aromatic carbocycles. The predicted molar refractivity (Wildman–Crippen MR) is 50.3 cm³/mol. The van der Waals surface area contributed by atoms with Gasteiger partial charge in [0.05, 0.1) is 7.11 Å². The van der Waals surface area contributed by atoms with E-state index in [1.807, 2.05) is 0 Å². The lowest BCUT2D eigenvalue weighted by molar-refractivity contribution is -0.142. The van der Waals surface area contributed by atoms with Gasteiger partial charge < -0.3 is 15.8 Å². The zero-order chi connectivity index (χ0) is 10.6. The van der Waals surface area contributed by atoms with Crippen molar-refractivity contribution in [2.24, 2.45) is 11.7 Å². The van der Waals surface area contributed by atoms with Crippen LogP contribution in [-0.2, 0) is 14.3 Å². The minimum atomic E-state index is -0.686. The Morgan fingerprint density at radius 3 is 3.07 bits per heavy atom. The van der Waals surface area contributed by atoms with Gasteiger partial charge in [0.25, 0.3) is 0 Å². The second-order valence-electron chi connectivity index (χ2n) is 3.50. The number of esters is 1. The van der Waals surface area contributed by atoms with E-state index in [0.29, 0.717) is 6.42 Å². The lowest BCUT2D eigenvalue weighted by Gasteiger charge is -2.23. The second kappa shape index (κ2) is 4.95. The van der Waals surface area contributed by atoms with Crippen LogP contribution in [-0.4, -0.2) is 31.6 Å². The third-order valence-corrected chi connectivity index (χ3v) is 2.44. The number of nitrogens with one attached hydrogen (secondary N) is 1. The van der Waals surface area contributed by atoms with E-state index in [-0.39, 0.29) is 11.8 Å². The molecule has 5 heteroatoms. The first-order chi connectivity index (χ1) is 6.65. The minimum Gasteiger partial charge on any atom is -0.468 e. The molecule has 0 bridgehead atoms. The molecule has 0 aliphatic carbocycles. The summed E-state index contributed by atoms with van der Waals surface area (Å²) >= 11 is 0. The number of carbonyl (C=O) groups is 2. The van der Waals surface area contributed by atoms with Crippen LogP contribution in [0.4, 0.5) is 0 Å². The SMILES string of the molecule is COC(=O)[C@@H](N)CC1CCCNC1=O. The molecule has 1 rings (SSSR count). The molecule has 0 saturated carbocycles. The van der Waals surface area contributed by atoms with Gasteiger partial charge in [-0.1, -0.05) is 0 Å². The fraction of sp³-hybridized carbons (Fsp3) is 0.778. The molecule has 1 amide bonds. The number of nitrogens with two attached hydrogens (primary N) is 1. The van der Waals surface area contributed by atoms with Gasteiger partial charge in [-0.05, 0) is 19.3 Å². The van der Waals surface area contributed by atoms with Crippen molar-refractivity contribution in [1.82, 2.24) is 5.32 Å². The lowest BCUT2D eigenvalue weighted by Crippen LogP contribution is -2.42. The highest BCUT2D eigenvalue weighted by Crippen LogP contribution is 2.16. The Bertz CT molecular complexity index is 230. The largest absolute Gasteiger partial charge is 0.468 e. The zero-order valence-corrected chi connectivity index (χ0v) is 8.29. The Kier molecular flexibility index (Phi) is 3.88. The summed E-state index contributed by atoms with van der Waals surface area (Å²) < 4.78 is 4.49. The van der Waals surface area contributed by atoms with Crippen molar-refractivity contribution < 1.29 is 14.3 Å². The van der Waals surface area contributed by atoms with Crippen LogP contribution < -0.4 is 11.1 Å². The molecule has 0 radical (unpaired) electrons. The van der Waals surface area contributed by atoms with Gasteiger partial charge >= 0.3 is 5.97 Å². The molecule has 0 aromatic heterocycles. The topological polar surface area (TPSA) is 81.4 Å². The van der Waals surface area contributed by atoms with E-state index >= 15 is 0 Å². The maximum atomic E-state index is 11.3. The normalized spacial score (nSPS) is 23.9. The first-order valence-electron chi connectivity index (χ1n) is 4.76. The Morgan fingerprint density at radius 1 is 1.79 bits per heavy atom. The van der Waals surface area contributed by atoms with E-state index in [9.17, 15) is 9.59 Å². The van der Waals surface area contributed by atoms with Crippen LogP contribution in [0.15, 0.2) is 0 Å². The van der Waals surface area contributed by atoms with Gasteiger partial charge in [0.1, 0.15) is 6.04 Å². The molecule has 0 aromatic rings. The Hall–Kier alpha value is -1.10. The third-order valence-electron chi connectivity index (χ3n) is 2.44. The first-order valence-corrected chi connectivity index (χ1v) is 4.76. The molecule has 1 aliphatic rings. The maximum absolute atomic E-state index is 11.3. The fourth-order valence-corrected chi connectivity index (χ4v) is 1.61. The summed E-state index contributed by atoms with van der Waals surface area (Å²) in [5.74, 6) is -0.600. The van der Waals surface area contributed by atoms with E-state index in [4.69, 9.17) is 5.73 Å². The van der Waals surface area contributed by atoms with Gasteiger partial charge in [-0.15, -0.1) is 0 Å². The molecule has 1 unspecified atom stereocenters. The molecular weight excluding hydrogens is 184 g/mol. The molecule has 2 atom stereocenters. The van der Waals surface area contributed by atoms with Crippen molar-refractivity contribution >= 4 is 11.9 Å². The van der Waals surface area contributed by atoms with Crippen LogP contribution in [0.5, 0.6) is 0 Å². The van der Waals surface area contributed by atoms with E-state index in [0.717, 1.165) is 19.4 Å². The molecule has 1 fully saturated rings. The van der Waals surface area contributed by atoms with Crippen molar-refractivity contribution in [2.45, 2.75) is 25.3 Å². The highest BCUT2D eigenvalue weighted by molar-refractivity contribution is 5.81. The van der Waals surface area contributed by atoms with Crippen LogP contribution in [0, 0.1) is 5.92 Å². The molecule has 1 saturated heterocycles. The maximum Gasteiger partial charge on any atom is 0.322 e. The summed E-state index contributed by atoms with van der Waals surface area (Å²) in [5, 5.41) is 2.75. The van der Waals surface area contributed by atoms with Crippen molar-refractivity contribution in [3.63, 3.8) is 0 Å². The predicted octanol–water partition coefficient (Wildman–Crippen LogP) is -0.597. The number of amides is 1. The second-order valence-corrected chi connectivity index (χ2v) is 3.50. The molecule has 14 heavy (non-hydrogen) atoms. The molecule has 5 nitrogen and oxygen atoms in total. The van der Waals surface area contributed by atoms with Crippen LogP contribution in [0.3, 0.4) is 0 Å². The quantitative estimate of drug-likeness (QED) is 0.596. The lowest BCUT2D eigenvalue weighted by atomic mass is 9.92. The van der Waals surface area contributed by atoms with Gasteiger partial charge in [-0.25, -0.2) is 0 Å². The van der Waals surface area contributed by atoms with Crippen LogP contribution in [0.1, 0.15) is 19.3 Å². The molecule has 1 heterocycles. The van der Waals surface area contributed by atoms with Gasteiger partial charge in [-0.2, -0.15) is 0 Å². The third kappa shape index (κ3) is 2.70. The fourth-order valence-electron chi connectivity index (χ4n) is 1.61. The molecule has 1 aliphatic heterocycles. The zero-order valence-electron chi connectivity index (χ0n) is 8.29. The molecule has 0 spiro atoms. The van der Waals surface area contributed by atoms with E-state index in [1.54, 1.807) is 0 Å². The van der Waals surface area contributed by atoms with Crippen LogP contribution in [0.2, 0.25) is 0 Å². The van der Waals surface area contributed by atoms with Gasteiger partial charge in [0.15, 0.2) is 0 Å². The summed E-state index contributed by atoms with van der Waals surface area (Å²) in [6.45, 7) is 0.725. The van der Waals surface area contributed by atoms with Crippen LogP contribution >= 0.6 is 0 Å². The van der Waals surface area contributed by atoms with Crippen molar-refractivity contribution in [3.05, 3.63) is 0 Å². The molecule has 3 N–H and O–H groups in total. The summed E-state index contributed by atoms with van der Waals surface area (Å²) in [5.41, 5.74) is 5.57. The number of hydrogen-bond donors (Lipinski definition) is 2. The van der Waals surface area contributed by atoms with Gasteiger partial charge in [0.2, 0.25) is 5.91 Å². The Balaban J connectivity index is 2.42. The van der Waals surface area contributed by atoms with Crippen molar-refractivity contribution in [2.75, 3.05) is 13.7 Å². The number of methoxy groups -OCH3 is 1. The van der Waals surface area contributed by atoms with Gasteiger partial charge in [-0.3, -0.25) is 9.59 Å². The first kappa shape index (κ1) is 11.0. The minimum absolute atomic E-state index is 0.00407. The molecular formula is C9H16N2O3. The highest BCUT2D eigenvalue weighted by atomic mass is 16.5. The number of ether oxygens (including phenoxy) is 1. The van der Waals surface area contributed by atoms with Crippen LogP contribution in [0.25, 0.3) is 0 Å². The number of rotatable bonds is 3. The van der Waals surface area contributed by atoms with Gasteiger partial charge in [0, 0.05) is 12.5 Å². The van der Waals surface area contributed by atoms with Crippen molar-refractivity contribution in [1.29, 1.82) is 0 Å². The van der Waals surface area contributed by atoms with E-state index in [2.05, 4.69) is 10.1 Å². The number of carbonyl (C=O) groups excluding carboxylic acids is 2. The average Bonchev–Trinajstić information content (AvgIpc) is 2.20. The number of piperidine rings is 1. The van der Waals surface area contributed by atoms with E-state index < -0.39 is 12.0 Å².